The number of halogens is 1. The van der Waals surface area contributed by atoms with Crippen LogP contribution in [0, 0.1) is 5.92 Å². The minimum absolute atomic E-state index is 0.386. The lowest BCUT2D eigenvalue weighted by Gasteiger charge is -2.13. The molecular formula is C18H22ClNO. The Morgan fingerprint density at radius 2 is 2.14 bits per heavy atom. The van der Waals surface area contributed by atoms with E-state index >= 15 is 0 Å². The van der Waals surface area contributed by atoms with Gasteiger partial charge in [0.15, 0.2) is 0 Å². The van der Waals surface area contributed by atoms with E-state index in [0.717, 1.165) is 35.4 Å². The van der Waals surface area contributed by atoms with Crippen molar-refractivity contribution in [2.45, 2.75) is 45.2 Å². The highest BCUT2D eigenvalue weighted by atomic mass is 35.5. The molecule has 3 atom stereocenters. The summed E-state index contributed by atoms with van der Waals surface area (Å²) in [4.78, 5) is 0. The Morgan fingerprint density at radius 1 is 1.33 bits per heavy atom. The molecule has 0 aliphatic heterocycles. The first-order valence-corrected chi connectivity index (χ1v) is 8.06. The summed E-state index contributed by atoms with van der Waals surface area (Å²) < 4.78 is 5.91. The maximum Gasteiger partial charge on any atom is 0.117 e. The van der Waals surface area contributed by atoms with Gasteiger partial charge in [-0.25, -0.2) is 0 Å². The summed E-state index contributed by atoms with van der Waals surface area (Å²) in [7, 11) is 0. The zero-order valence-electron chi connectivity index (χ0n) is 12.6. The van der Waals surface area contributed by atoms with Gasteiger partial charge in [-0.15, -0.1) is 0 Å². The molecule has 1 fully saturated rings. The average Bonchev–Trinajstić information content (AvgIpc) is 3.00. The van der Waals surface area contributed by atoms with Gasteiger partial charge in [-0.3, -0.25) is 0 Å². The lowest BCUT2D eigenvalue weighted by Crippen LogP contribution is -2.27. The number of hydrogen-bond donors (Lipinski definition) is 1. The third kappa shape index (κ3) is 3.90. The molecule has 1 N–H and O–H groups in total. The second-order valence-electron chi connectivity index (χ2n) is 6.24. The molecular weight excluding hydrogens is 282 g/mol. The second kappa shape index (κ2) is 6.25. The zero-order chi connectivity index (χ0) is 14.8. The number of furan rings is 1. The van der Waals surface area contributed by atoms with Gasteiger partial charge < -0.3 is 9.73 Å². The molecule has 0 radical (unpaired) electrons. The van der Waals surface area contributed by atoms with Crippen LogP contribution in [0.25, 0.3) is 0 Å². The lowest BCUT2D eigenvalue weighted by molar-refractivity contribution is 0.426. The fourth-order valence-electron chi connectivity index (χ4n) is 2.77. The topological polar surface area (TPSA) is 25.2 Å². The van der Waals surface area contributed by atoms with Crippen LogP contribution in [0.3, 0.4) is 0 Å². The fraction of sp³-hybridized carbons (Fsp3) is 0.444. The molecule has 3 unspecified atom stereocenters. The summed E-state index contributed by atoms with van der Waals surface area (Å²) in [6.07, 6.45) is 2.24. The van der Waals surface area contributed by atoms with Crippen molar-refractivity contribution in [3.63, 3.8) is 0 Å². The largest absolute Gasteiger partial charge is 0.464 e. The Labute approximate surface area is 131 Å². The molecule has 0 saturated heterocycles. The van der Waals surface area contributed by atoms with Crippen LogP contribution in [0.15, 0.2) is 40.8 Å². The summed E-state index contributed by atoms with van der Waals surface area (Å²) >= 11 is 6.02. The van der Waals surface area contributed by atoms with Crippen LogP contribution in [0.1, 0.15) is 43.3 Å². The van der Waals surface area contributed by atoms with Crippen LogP contribution >= 0.6 is 11.6 Å². The molecule has 1 heterocycles. The summed E-state index contributed by atoms with van der Waals surface area (Å²) in [6.45, 7) is 5.24. The van der Waals surface area contributed by atoms with Crippen LogP contribution in [-0.4, -0.2) is 6.04 Å². The molecule has 0 amide bonds. The van der Waals surface area contributed by atoms with Crippen molar-refractivity contribution in [3.8, 4) is 0 Å². The zero-order valence-corrected chi connectivity index (χ0v) is 13.4. The van der Waals surface area contributed by atoms with E-state index in [1.165, 1.54) is 12.0 Å². The van der Waals surface area contributed by atoms with Gasteiger partial charge in [0.2, 0.25) is 0 Å². The fourth-order valence-corrected chi connectivity index (χ4v) is 2.98. The first-order valence-electron chi connectivity index (χ1n) is 7.68. The number of rotatable bonds is 6. The van der Waals surface area contributed by atoms with E-state index in [2.05, 4.69) is 37.4 Å². The third-order valence-corrected chi connectivity index (χ3v) is 4.45. The van der Waals surface area contributed by atoms with Crippen molar-refractivity contribution >= 4 is 11.6 Å². The van der Waals surface area contributed by atoms with Crippen molar-refractivity contribution in [3.05, 3.63) is 58.5 Å². The van der Waals surface area contributed by atoms with Gasteiger partial charge in [-0.1, -0.05) is 30.7 Å². The minimum atomic E-state index is 0.386. The van der Waals surface area contributed by atoms with E-state index in [9.17, 15) is 0 Å². The van der Waals surface area contributed by atoms with Crippen LogP contribution in [0.4, 0.5) is 0 Å². The summed E-state index contributed by atoms with van der Waals surface area (Å²) in [5.74, 6) is 3.63. The first-order chi connectivity index (χ1) is 10.1. The van der Waals surface area contributed by atoms with E-state index in [-0.39, 0.29) is 0 Å². The molecule has 1 saturated carbocycles. The smallest absolute Gasteiger partial charge is 0.117 e. The summed E-state index contributed by atoms with van der Waals surface area (Å²) in [6, 6.07) is 12.7. The molecule has 0 spiro atoms. The molecule has 3 rings (SSSR count). The van der Waals surface area contributed by atoms with Crippen LogP contribution in [0.2, 0.25) is 5.02 Å². The normalized spacial score (nSPS) is 22.2. The van der Waals surface area contributed by atoms with Crippen molar-refractivity contribution in [1.29, 1.82) is 0 Å². The predicted molar refractivity (Wildman–Crippen MR) is 86.7 cm³/mol. The molecule has 21 heavy (non-hydrogen) atoms. The standard InChI is InChI=1S/C18H22ClNO/c1-12-8-17(12)18-7-6-16(21-18)11-20-13(2)9-14-4-3-5-15(19)10-14/h3-7,10,12-13,17,20H,8-9,11H2,1-2H3. The van der Waals surface area contributed by atoms with Crippen molar-refractivity contribution in [1.82, 2.24) is 5.32 Å². The average molecular weight is 304 g/mol. The van der Waals surface area contributed by atoms with Gasteiger partial charge in [-0.05, 0) is 55.5 Å². The number of benzene rings is 1. The van der Waals surface area contributed by atoms with Gasteiger partial charge in [-0.2, -0.15) is 0 Å². The quantitative estimate of drug-likeness (QED) is 0.831. The molecule has 2 aromatic rings. The second-order valence-corrected chi connectivity index (χ2v) is 6.68. The molecule has 2 nitrogen and oxygen atoms in total. The number of hydrogen-bond acceptors (Lipinski definition) is 2. The number of nitrogens with one attached hydrogen (secondary N) is 1. The predicted octanol–water partition coefficient (Wildman–Crippen LogP) is 4.78. The van der Waals surface area contributed by atoms with E-state index in [1.54, 1.807) is 0 Å². The van der Waals surface area contributed by atoms with Gasteiger partial charge >= 0.3 is 0 Å². The molecule has 3 heteroatoms. The lowest BCUT2D eigenvalue weighted by atomic mass is 10.1. The summed E-state index contributed by atoms with van der Waals surface area (Å²) in [5.41, 5.74) is 1.26. The molecule has 0 bridgehead atoms. The van der Waals surface area contributed by atoms with Crippen molar-refractivity contribution < 1.29 is 4.42 Å². The van der Waals surface area contributed by atoms with Gasteiger partial charge in [0, 0.05) is 17.0 Å². The van der Waals surface area contributed by atoms with E-state index in [4.69, 9.17) is 16.0 Å². The van der Waals surface area contributed by atoms with Gasteiger partial charge in [0.1, 0.15) is 11.5 Å². The SMILES string of the molecule is CC(Cc1cccc(Cl)c1)NCc1ccc(C2CC2C)o1. The van der Waals surface area contributed by atoms with Gasteiger partial charge in [0.05, 0.1) is 6.54 Å². The Kier molecular flexibility index (Phi) is 4.37. The Bertz CT molecular complexity index is 607. The Hall–Kier alpha value is -1.25. The van der Waals surface area contributed by atoms with Crippen molar-refractivity contribution in [2.24, 2.45) is 5.92 Å². The molecule has 112 valence electrons. The van der Waals surface area contributed by atoms with E-state index in [0.29, 0.717) is 12.0 Å². The molecule has 1 aromatic heterocycles. The highest BCUT2D eigenvalue weighted by Crippen LogP contribution is 2.47. The Morgan fingerprint density at radius 3 is 2.86 bits per heavy atom. The Balaban J connectivity index is 1.49. The maximum absolute atomic E-state index is 6.02. The molecule has 1 aromatic carbocycles. The monoisotopic (exact) mass is 303 g/mol. The van der Waals surface area contributed by atoms with E-state index in [1.807, 2.05) is 18.2 Å². The highest BCUT2D eigenvalue weighted by Gasteiger charge is 2.36. The van der Waals surface area contributed by atoms with Crippen LogP contribution < -0.4 is 5.32 Å². The van der Waals surface area contributed by atoms with Crippen molar-refractivity contribution in [2.75, 3.05) is 0 Å². The molecule has 1 aliphatic carbocycles. The maximum atomic E-state index is 6.02. The van der Waals surface area contributed by atoms with Crippen LogP contribution in [0.5, 0.6) is 0 Å². The van der Waals surface area contributed by atoms with E-state index < -0.39 is 0 Å². The highest BCUT2D eigenvalue weighted by molar-refractivity contribution is 6.30. The summed E-state index contributed by atoms with van der Waals surface area (Å²) in [5, 5.41) is 4.31. The minimum Gasteiger partial charge on any atom is -0.464 e. The third-order valence-electron chi connectivity index (χ3n) is 4.21. The first kappa shape index (κ1) is 14.7. The van der Waals surface area contributed by atoms with Crippen LogP contribution in [-0.2, 0) is 13.0 Å². The van der Waals surface area contributed by atoms with Gasteiger partial charge in [0.25, 0.3) is 0 Å². The molecule has 1 aliphatic rings.